The van der Waals surface area contributed by atoms with E-state index in [9.17, 15) is 15.0 Å². The highest BCUT2D eigenvalue weighted by Gasteiger charge is 2.26. The number of carboxylic acids is 1. The third-order valence-corrected chi connectivity index (χ3v) is 5.19. The van der Waals surface area contributed by atoms with E-state index in [-0.39, 0.29) is 6.04 Å². The molecule has 4 atom stereocenters. The Labute approximate surface area is 168 Å². The monoisotopic (exact) mass is 389 g/mol. The predicted octanol–water partition coefficient (Wildman–Crippen LogP) is 4.42. The third-order valence-electron chi connectivity index (χ3n) is 5.19. The number of aliphatic carboxylic acids is 1. The van der Waals surface area contributed by atoms with Crippen LogP contribution in [0.4, 0.5) is 0 Å². The Hall–Kier alpha value is -1.69. The standard InChI is InChI=1S/C23H35NO4/c1-16(21(25)26)14-20(24-22(27)28-23(2,3)4)15-17-10-12-19(13-11-17)18-8-6-5-7-9-18/h5-9,12,16-17,20,22,24,27H,10-11,13-15H2,1-4H3,(H,25,26). The van der Waals surface area contributed by atoms with Crippen LogP contribution in [0.2, 0.25) is 0 Å². The summed E-state index contributed by atoms with van der Waals surface area (Å²) in [5.41, 5.74) is 2.19. The van der Waals surface area contributed by atoms with Gasteiger partial charge in [0.25, 0.3) is 0 Å². The van der Waals surface area contributed by atoms with Crippen LogP contribution >= 0.6 is 0 Å². The summed E-state index contributed by atoms with van der Waals surface area (Å²) in [4.78, 5) is 11.3. The van der Waals surface area contributed by atoms with Crippen LogP contribution in [-0.4, -0.2) is 34.2 Å². The van der Waals surface area contributed by atoms with Gasteiger partial charge in [0.05, 0.1) is 11.5 Å². The maximum atomic E-state index is 11.3. The van der Waals surface area contributed by atoms with Gasteiger partial charge in [-0.2, -0.15) is 0 Å². The molecule has 4 unspecified atom stereocenters. The zero-order valence-corrected chi connectivity index (χ0v) is 17.5. The molecule has 0 amide bonds. The smallest absolute Gasteiger partial charge is 0.306 e. The molecule has 156 valence electrons. The van der Waals surface area contributed by atoms with Gasteiger partial charge in [-0.3, -0.25) is 10.1 Å². The average Bonchev–Trinajstić information content (AvgIpc) is 2.61. The topological polar surface area (TPSA) is 78.8 Å². The number of aliphatic hydroxyl groups is 1. The highest BCUT2D eigenvalue weighted by Crippen LogP contribution is 2.33. The van der Waals surface area contributed by atoms with Crippen LogP contribution in [0.15, 0.2) is 36.4 Å². The zero-order chi connectivity index (χ0) is 20.7. The molecule has 0 bridgehead atoms. The Kier molecular flexibility index (Phi) is 8.23. The van der Waals surface area contributed by atoms with Gasteiger partial charge in [0.2, 0.25) is 6.41 Å². The minimum absolute atomic E-state index is 0.111. The normalized spacial score (nSPS) is 20.9. The van der Waals surface area contributed by atoms with Crippen molar-refractivity contribution in [3.63, 3.8) is 0 Å². The SMILES string of the molecule is CC(CC(CC1CC=C(c2ccccc2)CC1)NC(O)OC(C)(C)C)C(=O)O. The first kappa shape index (κ1) is 22.6. The van der Waals surface area contributed by atoms with E-state index in [0.29, 0.717) is 12.3 Å². The number of benzene rings is 1. The maximum Gasteiger partial charge on any atom is 0.306 e. The number of nitrogens with one attached hydrogen (secondary N) is 1. The Morgan fingerprint density at radius 2 is 1.96 bits per heavy atom. The first-order valence-corrected chi connectivity index (χ1v) is 10.2. The lowest BCUT2D eigenvalue weighted by Crippen LogP contribution is -2.45. The van der Waals surface area contributed by atoms with Crippen molar-refractivity contribution in [2.75, 3.05) is 0 Å². The summed E-state index contributed by atoms with van der Waals surface area (Å²) in [5, 5.41) is 22.6. The molecule has 1 aromatic carbocycles. The van der Waals surface area contributed by atoms with Gasteiger partial charge in [-0.15, -0.1) is 0 Å². The van der Waals surface area contributed by atoms with Gasteiger partial charge in [0, 0.05) is 6.04 Å². The highest BCUT2D eigenvalue weighted by molar-refractivity contribution is 5.69. The Morgan fingerprint density at radius 1 is 1.29 bits per heavy atom. The van der Waals surface area contributed by atoms with Crippen molar-refractivity contribution in [3.8, 4) is 0 Å². The van der Waals surface area contributed by atoms with E-state index in [0.717, 1.165) is 25.7 Å². The van der Waals surface area contributed by atoms with Gasteiger partial charge in [0.1, 0.15) is 0 Å². The summed E-state index contributed by atoms with van der Waals surface area (Å²) in [6.07, 6.45) is 5.55. The fourth-order valence-electron chi connectivity index (χ4n) is 3.75. The summed E-state index contributed by atoms with van der Waals surface area (Å²) in [6.45, 7) is 7.35. The second kappa shape index (κ2) is 10.2. The minimum atomic E-state index is -1.11. The molecule has 3 N–H and O–H groups in total. The Balaban J connectivity index is 1.97. The van der Waals surface area contributed by atoms with Crippen molar-refractivity contribution in [2.45, 2.75) is 77.9 Å². The lowest BCUT2D eigenvalue weighted by Gasteiger charge is -2.31. The van der Waals surface area contributed by atoms with E-state index >= 15 is 0 Å². The van der Waals surface area contributed by atoms with Crippen molar-refractivity contribution in [1.29, 1.82) is 0 Å². The number of ether oxygens (including phenoxy) is 1. The lowest BCUT2D eigenvalue weighted by molar-refractivity contribution is -0.187. The van der Waals surface area contributed by atoms with Crippen LogP contribution in [0, 0.1) is 11.8 Å². The van der Waals surface area contributed by atoms with Crippen LogP contribution in [0.3, 0.4) is 0 Å². The predicted molar refractivity (Wildman–Crippen MR) is 112 cm³/mol. The molecule has 0 spiro atoms. The molecule has 0 radical (unpaired) electrons. The van der Waals surface area contributed by atoms with Crippen molar-refractivity contribution >= 4 is 11.5 Å². The number of hydrogen-bond acceptors (Lipinski definition) is 4. The van der Waals surface area contributed by atoms with Crippen LogP contribution in [-0.2, 0) is 9.53 Å². The molecule has 0 aromatic heterocycles. The van der Waals surface area contributed by atoms with Crippen LogP contribution < -0.4 is 5.32 Å². The minimum Gasteiger partial charge on any atom is -0.481 e. The van der Waals surface area contributed by atoms with Crippen molar-refractivity contribution in [1.82, 2.24) is 5.32 Å². The molecule has 0 heterocycles. The maximum absolute atomic E-state index is 11.3. The highest BCUT2D eigenvalue weighted by atomic mass is 16.6. The molecule has 0 fully saturated rings. The second-order valence-corrected chi connectivity index (χ2v) is 8.89. The van der Waals surface area contributed by atoms with Gasteiger partial charge >= 0.3 is 5.97 Å². The fourth-order valence-corrected chi connectivity index (χ4v) is 3.75. The van der Waals surface area contributed by atoms with E-state index in [1.54, 1.807) is 6.92 Å². The van der Waals surface area contributed by atoms with Crippen LogP contribution in [0.25, 0.3) is 5.57 Å². The first-order chi connectivity index (χ1) is 13.1. The molecule has 0 saturated carbocycles. The summed E-state index contributed by atoms with van der Waals surface area (Å²) in [7, 11) is 0. The number of carbonyl (C=O) groups is 1. The van der Waals surface area contributed by atoms with Crippen LogP contribution in [0.1, 0.15) is 65.4 Å². The molecular formula is C23H35NO4. The van der Waals surface area contributed by atoms with Crippen molar-refractivity contribution in [2.24, 2.45) is 11.8 Å². The van der Waals surface area contributed by atoms with Gasteiger partial charge in [-0.1, -0.05) is 43.3 Å². The summed E-state index contributed by atoms with van der Waals surface area (Å²) >= 11 is 0. The second-order valence-electron chi connectivity index (χ2n) is 8.89. The van der Waals surface area contributed by atoms with E-state index in [1.807, 2.05) is 26.8 Å². The lowest BCUT2D eigenvalue weighted by atomic mass is 9.82. The van der Waals surface area contributed by atoms with Gasteiger partial charge in [-0.25, -0.2) is 0 Å². The van der Waals surface area contributed by atoms with Crippen molar-refractivity contribution < 1.29 is 19.7 Å². The molecule has 0 saturated heterocycles. The average molecular weight is 390 g/mol. The first-order valence-electron chi connectivity index (χ1n) is 10.2. The third kappa shape index (κ3) is 7.74. The number of aliphatic hydroxyl groups excluding tert-OH is 1. The van der Waals surface area contributed by atoms with E-state index in [4.69, 9.17) is 4.74 Å². The van der Waals surface area contributed by atoms with Gasteiger partial charge < -0.3 is 14.9 Å². The largest absolute Gasteiger partial charge is 0.481 e. The summed E-state index contributed by atoms with van der Waals surface area (Å²) < 4.78 is 5.56. The summed E-state index contributed by atoms with van der Waals surface area (Å²) in [6, 6.07) is 10.3. The molecule has 1 aromatic rings. The quantitative estimate of drug-likeness (QED) is 0.545. The van der Waals surface area contributed by atoms with E-state index in [2.05, 4.69) is 35.7 Å². The van der Waals surface area contributed by atoms with E-state index < -0.39 is 23.9 Å². The van der Waals surface area contributed by atoms with Crippen LogP contribution in [0.5, 0.6) is 0 Å². The number of rotatable bonds is 9. The molecular weight excluding hydrogens is 354 g/mol. The Bertz CT molecular complexity index is 650. The molecule has 5 nitrogen and oxygen atoms in total. The van der Waals surface area contributed by atoms with Gasteiger partial charge in [0.15, 0.2) is 0 Å². The van der Waals surface area contributed by atoms with Crippen molar-refractivity contribution in [3.05, 3.63) is 42.0 Å². The molecule has 5 heteroatoms. The zero-order valence-electron chi connectivity index (χ0n) is 17.5. The number of carboxylic acid groups (broad SMARTS) is 1. The fraction of sp³-hybridized carbons (Fsp3) is 0.609. The van der Waals surface area contributed by atoms with Gasteiger partial charge in [-0.05, 0) is 69.9 Å². The molecule has 0 aliphatic heterocycles. The summed E-state index contributed by atoms with van der Waals surface area (Å²) in [5.74, 6) is -0.820. The number of allylic oxidation sites excluding steroid dienone is 2. The molecule has 28 heavy (non-hydrogen) atoms. The molecule has 1 aliphatic rings. The molecule has 2 rings (SSSR count). The molecule has 1 aliphatic carbocycles. The number of hydrogen-bond donors (Lipinski definition) is 3. The Morgan fingerprint density at radius 3 is 2.50 bits per heavy atom. The van der Waals surface area contributed by atoms with E-state index in [1.165, 1.54) is 11.1 Å².